The summed E-state index contributed by atoms with van der Waals surface area (Å²) in [6.45, 7) is 3.55. The van der Waals surface area contributed by atoms with Gasteiger partial charge in [0.15, 0.2) is 0 Å². The zero-order chi connectivity index (χ0) is 6.15. The van der Waals surface area contributed by atoms with Crippen LogP contribution >= 0.6 is 0 Å². The molecule has 0 aromatic heterocycles. The fourth-order valence-electron chi connectivity index (χ4n) is 0.648. The number of hydrogen-bond donors (Lipinski definition) is 0. The molecule has 1 rings (SSSR count). The quantitative estimate of drug-likeness (QED) is 0.462. The maximum Gasteiger partial charge on any atom is 0.410 e. The largest absolute Gasteiger partial charge is 0.444 e. The zero-order valence-electron chi connectivity index (χ0n) is 4.92. The molecule has 3 heteroatoms. The molecule has 0 aromatic carbocycles. The van der Waals surface area contributed by atoms with Crippen LogP contribution in [0.5, 0.6) is 0 Å². The molecule has 0 aromatic rings. The highest BCUT2D eigenvalue weighted by Gasteiger charge is 2.24. The van der Waals surface area contributed by atoms with E-state index in [-0.39, 0.29) is 12.2 Å². The summed E-state index contributed by atoms with van der Waals surface area (Å²) in [6, 6.07) is 0. The molecule has 1 saturated heterocycles. The molecule has 1 amide bonds. The number of nitrogens with zero attached hydrogens (tertiary/aromatic N) is 1. The molecule has 0 spiro atoms. The van der Waals surface area contributed by atoms with Crippen LogP contribution < -0.4 is 0 Å². The Labute approximate surface area is 48.2 Å². The average molecular weight is 114 g/mol. The van der Waals surface area contributed by atoms with Crippen LogP contribution in [0, 0.1) is 6.54 Å². The third-order valence-electron chi connectivity index (χ3n) is 1.01. The molecule has 1 unspecified atom stereocenters. The Kier molecular flexibility index (Phi) is 1.12. The number of amides is 1. The lowest BCUT2D eigenvalue weighted by Gasteiger charge is -1.98. The van der Waals surface area contributed by atoms with Crippen molar-refractivity contribution in [3.63, 3.8) is 0 Å². The van der Waals surface area contributed by atoms with E-state index in [9.17, 15) is 4.79 Å². The monoisotopic (exact) mass is 114 g/mol. The van der Waals surface area contributed by atoms with E-state index in [1.54, 1.807) is 13.6 Å². The van der Waals surface area contributed by atoms with E-state index in [0.717, 1.165) is 0 Å². The maximum atomic E-state index is 10.5. The summed E-state index contributed by atoms with van der Waals surface area (Å²) in [7, 11) is 1.67. The third kappa shape index (κ3) is 0.757. The Hall–Kier alpha value is -0.730. The lowest BCUT2D eigenvalue weighted by Crippen LogP contribution is -2.14. The van der Waals surface area contributed by atoms with Gasteiger partial charge >= 0.3 is 6.09 Å². The number of rotatable bonds is 0. The van der Waals surface area contributed by atoms with Crippen LogP contribution in [0.2, 0.25) is 0 Å². The number of carbonyl (C=O) groups excluding carboxylic acids is 1. The second-order valence-electron chi connectivity index (χ2n) is 1.85. The van der Waals surface area contributed by atoms with Crippen molar-refractivity contribution in [2.75, 3.05) is 7.05 Å². The standard InChI is InChI=1S/C5H8NO2/c1-4-3-6(2)5(7)8-4/h3-4H,1-2H3. The van der Waals surface area contributed by atoms with Crippen molar-refractivity contribution in [1.82, 2.24) is 4.90 Å². The minimum Gasteiger partial charge on any atom is -0.444 e. The van der Waals surface area contributed by atoms with Gasteiger partial charge in [-0.05, 0) is 6.92 Å². The van der Waals surface area contributed by atoms with Crippen LogP contribution in [0.25, 0.3) is 0 Å². The summed E-state index contributed by atoms with van der Waals surface area (Å²) in [6.07, 6.45) is -0.315. The fraction of sp³-hybridized carbons (Fsp3) is 0.600. The Morgan fingerprint density at radius 2 is 2.50 bits per heavy atom. The molecule has 0 aliphatic carbocycles. The van der Waals surface area contributed by atoms with Crippen molar-refractivity contribution >= 4 is 6.09 Å². The van der Waals surface area contributed by atoms with Crippen molar-refractivity contribution in [3.05, 3.63) is 6.54 Å². The lowest BCUT2D eigenvalue weighted by molar-refractivity contribution is 0.141. The maximum absolute atomic E-state index is 10.5. The molecule has 1 radical (unpaired) electrons. The number of ether oxygens (including phenoxy) is 1. The molecule has 1 fully saturated rings. The molecule has 45 valence electrons. The predicted octanol–water partition coefficient (Wildman–Crippen LogP) is 0.619. The van der Waals surface area contributed by atoms with Crippen LogP contribution in [0.3, 0.4) is 0 Å². The van der Waals surface area contributed by atoms with E-state index in [0.29, 0.717) is 0 Å². The van der Waals surface area contributed by atoms with Crippen LogP contribution in [-0.2, 0) is 4.74 Å². The van der Waals surface area contributed by atoms with Crippen LogP contribution in [0.1, 0.15) is 6.92 Å². The first-order valence-electron chi connectivity index (χ1n) is 2.48. The van der Waals surface area contributed by atoms with Gasteiger partial charge in [-0.25, -0.2) is 4.79 Å². The number of cyclic esters (lactones) is 1. The van der Waals surface area contributed by atoms with Crippen LogP contribution in [0.15, 0.2) is 0 Å². The summed E-state index contributed by atoms with van der Waals surface area (Å²) in [5.41, 5.74) is 0. The summed E-state index contributed by atoms with van der Waals surface area (Å²) >= 11 is 0. The van der Waals surface area contributed by atoms with E-state index < -0.39 is 0 Å². The van der Waals surface area contributed by atoms with Gasteiger partial charge in [0.2, 0.25) is 0 Å². The van der Waals surface area contributed by atoms with E-state index >= 15 is 0 Å². The number of likely N-dealkylation sites (N-methyl/N-ethyl adjacent to an activating group) is 1. The summed E-state index contributed by atoms with van der Waals surface area (Å²) in [5, 5.41) is 0. The van der Waals surface area contributed by atoms with E-state index in [1.807, 2.05) is 6.92 Å². The van der Waals surface area contributed by atoms with Gasteiger partial charge in [0.25, 0.3) is 0 Å². The Morgan fingerprint density at radius 1 is 1.88 bits per heavy atom. The lowest BCUT2D eigenvalue weighted by atomic mass is 10.4. The molecule has 1 atom stereocenters. The van der Waals surface area contributed by atoms with Gasteiger partial charge in [0, 0.05) is 7.05 Å². The second-order valence-corrected chi connectivity index (χ2v) is 1.85. The molecule has 8 heavy (non-hydrogen) atoms. The summed E-state index contributed by atoms with van der Waals surface area (Å²) in [4.78, 5) is 11.9. The van der Waals surface area contributed by atoms with Gasteiger partial charge in [-0.3, -0.25) is 0 Å². The van der Waals surface area contributed by atoms with Gasteiger partial charge in [0.05, 0.1) is 6.54 Å². The van der Waals surface area contributed by atoms with Crippen molar-refractivity contribution in [1.29, 1.82) is 0 Å². The molecule has 3 nitrogen and oxygen atoms in total. The third-order valence-corrected chi connectivity index (χ3v) is 1.01. The minimum absolute atomic E-state index is 0.0486. The first-order chi connectivity index (χ1) is 3.70. The predicted molar refractivity (Wildman–Crippen MR) is 28.0 cm³/mol. The summed E-state index contributed by atoms with van der Waals surface area (Å²) < 4.78 is 4.70. The highest BCUT2D eigenvalue weighted by molar-refractivity contribution is 5.70. The first-order valence-corrected chi connectivity index (χ1v) is 2.48. The van der Waals surface area contributed by atoms with Crippen LogP contribution in [-0.4, -0.2) is 24.1 Å². The number of hydrogen-bond acceptors (Lipinski definition) is 2. The van der Waals surface area contributed by atoms with Crippen molar-refractivity contribution in [2.45, 2.75) is 13.0 Å². The Morgan fingerprint density at radius 3 is 2.62 bits per heavy atom. The van der Waals surface area contributed by atoms with E-state index in [2.05, 4.69) is 0 Å². The normalized spacial score (nSPS) is 28.5. The molecule has 0 N–H and O–H groups in total. The molecule has 1 aliphatic rings. The molecule has 1 aliphatic heterocycles. The van der Waals surface area contributed by atoms with Crippen molar-refractivity contribution < 1.29 is 9.53 Å². The van der Waals surface area contributed by atoms with E-state index in [1.165, 1.54) is 4.90 Å². The van der Waals surface area contributed by atoms with E-state index in [4.69, 9.17) is 4.74 Å². The first kappa shape index (κ1) is 5.41. The summed E-state index contributed by atoms with van der Waals surface area (Å²) in [5.74, 6) is 0. The Bertz CT molecular complexity index is 113. The second kappa shape index (κ2) is 1.65. The van der Waals surface area contributed by atoms with Gasteiger partial charge in [-0.15, -0.1) is 0 Å². The van der Waals surface area contributed by atoms with Crippen molar-refractivity contribution in [3.8, 4) is 0 Å². The number of carbonyl (C=O) groups is 1. The molecule has 0 bridgehead atoms. The van der Waals surface area contributed by atoms with Gasteiger partial charge in [-0.2, -0.15) is 0 Å². The molecule has 0 saturated carbocycles. The SMILES string of the molecule is CC1[CH]N(C)C(=O)O1. The van der Waals surface area contributed by atoms with Gasteiger partial charge < -0.3 is 9.64 Å². The average Bonchev–Trinajstić information content (AvgIpc) is 1.85. The van der Waals surface area contributed by atoms with Crippen LogP contribution in [0.4, 0.5) is 4.79 Å². The molecule has 1 heterocycles. The smallest absolute Gasteiger partial charge is 0.410 e. The molecular formula is C5H8NO2. The zero-order valence-corrected chi connectivity index (χ0v) is 4.92. The Balaban J connectivity index is 2.51. The van der Waals surface area contributed by atoms with Gasteiger partial charge in [0.1, 0.15) is 6.10 Å². The van der Waals surface area contributed by atoms with Crippen molar-refractivity contribution in [2.24, 2.45) is 0 Å². The fourth-order valence-corrected chi connectivity index (χ4v) is 0.648. The molecular weight excluding hydrogens is 106 g/mol. The van der Waals surface area contributed by atoms with Gasteiger partial charge in [-0.1, -0.05) is 0 Å². The highest BCUT2D eigenvalue weighted by Crippen LogP contribution is 2.10. The minimum atomic E-state index is -0.266. The topological polar surface area (TPSA) is 29.5 Å². The highest BCUT2D eigenvalue weighted by atomic mass is 16.6.